The number of hydrogen-bond donors (Lipinski definition) is 3. The Morgan fingerprint density at radius 1 is 0.524 bits per heavy atom. The van der Waals surface area contributed by atoms with E-state index in [4.69, 9.17) is 4.74 Å². The molecule has 0 aromatic heterocycles. The molecule has 0 heterocycles. The molecule has 0 saturated heterocycles. The first kappa shape index (κ1) is 35.5. The normalized spacial score (nSPS) is 11.2. The van der Waals surface area contributed by atoms with Gasteiger partial charge in [-0.15, -0.1) is 0 Å². The van der Waals surface area contributed by atoms with E-state index in [9.17, 15) is 20.1 Å². The van der Waals surface area contributed by atoms with Gasteiger partial charge in [-0.3, -0.25) is 0 Å². The fourth-order valence-electron chi connectivity index (χ4n) is 5.60. The van der Waals surface area contributed by atoms with Crippen LogP contribution in [-0.4, -0.2) is 21.3 Å². The Labute approximate surface area is 255 Å². The standard InChI is InChI=1S/C37H58O5/c1-3-5-7-9-11-13-15-17-19-21-24-30-26-23-27-33(34(30)38)42-37(41)32-29-28-31(35(39)36(32)40)25-22-20-18-16-14-12-10-8-6-4-2/h23,26-29,38-40H,3-22,24-25H2,1-2H3. The molecular formula is C37H58O5. The number of rotatable bonds is 24. The largest absolute Gasteiger partial charge is 0.504 e. The zero-order valence-electron chi connectivity index (χ0n) is 26.6. The Morgan fingerprint density at radius 3 is 1.43 bits per heavy atom. The second-order valence-electron chi connectivity index (χ2n) is 12.0. The number of aryl methyl sites for hydroxylation is 2. The molecule has 0 atom stereocenters. The smallest absolute Gasteiger partial charge is 0.347 e. The van der Waals surface area contributed by atoms with E-state index >= 15 is 0 Å². The van der Waals surface area contributed by atoms with E-state index in [1.807, 2.05) is 6.07 Å². The summed E-state index contributed by atoms with van der Waals surface area (Å²) in [5.74, 6) is -1.51. The summed E-state index contributed by atoms with van der Waals surface area (Å²) in [5.41, 5.74) is 1.27. The molecule has 236 valence electrons. The number of unbranched alkanes of at least 4 members (excludes halogenated alkanes) is 18. The number of benzene rings is 2. The van der Waals surface area contributed by atoms with Crippen molar-refractivity contribution in [3.63, 3.8) is 0 Å². The lowest BCUT2D eigenvalue weighted by molar-refractivity contribution is 0.0725. The van der Waals surface area contributed by atoms with Gasteiger partial charge in [0.15, 0.2) is 23.0 Å². The maximum Gasteiger partial charge on any atom is 0.347 e. The van der Waals surface area contributed by atoms with Crippen LogP contribution in [0.3, 0.4) is 0 Å². The van der Waals surface area contributed by atoms with Gasteiger partial charge < -0.3 is 20.1 Å². The van der Waals surface area contributed by atoms with Gasteiger partial charge >= 0.3 is 5.97 Å². The highest BCUT2D eigenvalue weighted by atomic mass is 16.5. The van der Waals surface area contributed by atoms with Crippen LogP contribution in [0.1, 0.15) is 164 Å². The van der Waals surface area contributed by atoms with Crippen LogP contribution in [0.15, 0.2) is 30.3 Å². The SMILES string of the molecule is CCCCCCCCCCCCc1cccc(OC(=O)c2ccc(CCCCCCCCCCCC)c(O)c2O)c1O. The molecule has 0 saturated carbocycles. The Morgan fingerprint density at radius 2 is 0.952 bits per heavy atom. The predicted molar refractivity (Wildman–Crippen MR) is 174 cm³/mol. The number of carbonyl (C=O) groups excluding carboxylic acids is 1. The molecule has 5 heteroatoms. The third-order valence-corrected chi connectivity index (χ3v) is 8.34. The van der Waals surface area contributed by atoms with Crippen LogP contribution in [0.5, 0.6) is 23.0 Å². The molecule has 0 aliphatic heterocycles. The van der Waals surface area contributed by atoms with Crippen molar-refractivity contribution in [1.82, 2.24) is 0 Å². The molecule has 0 bridgehead atoms. The van der Waals surface area contributed by atoms with E-state index in [1.54, 1.807) is 18.2 Å². The minimum absolute atomic E-state index is 0.0388. The van der Waals surface area contributed by atoms with E-state index in [2.05, 4.69) is 13.8 Å². The molecule has 0 spiro atoms. The molecule has 0 radical (unpaired) electrons. The van der Waals surface area contributed by atoms with Crippen LogP contribution in [0.4, 0.5) is 0 Å². The molecule has 0 fully saturated rings. The highest BCUT2D eigenvalue weighted by Gasteiger charge is 2.21. The Balaban J connectivity index is 1.75. The van der Waals surface area contributed by atoms with Gasteiger partial charge in [-0.05, 0) is 48.9 Å². The molecule has 0 amide bonds. The van der Waals surface area contributed by atoms with Crippen LogP contribution < -0.4 is 4.74 Å². The van der Waals surface area contributed by atoms with Crippen molar-refractivity contribution in [2.45, 2.75) is 155 Å². The van der Waals surface area contributed by atoms with Crippen LogP contribution in [-0.2, 0) is 12.8 Å². The van der Waals surface area contributed by atoms with Crippen molar-refractivity contribution in [3.05, 3.63) is 47.0 Å². The van der Waals surface area contributed by atoms with Gasteiger partial charge in [-0.1, -0.05) is 148 Å². The van der Waals surface area contributed by atoms with Crippen LogP contribution >= 0.6 is 0 Å². The van der Waals surface area contributed by atoms with E-state index in [0.717, 1.165) is 31.2 Å². The first-order valence-electron chi connectivity index (χ1n) is 17.1. The number of para-hydroxylation sites is 1. The Kier molecular flexibility index (Phi) is 18.5. The summed E-state index contributed by atoms with van der Waals surface area (Å²) in [7, 11) is 0. The minimum atomic E-state index is -0.806. The lowest BCUT2D eigenvalue weighted by Gasteiger charge is -2.13. The molecular weight excluding hydrogens is 524 g/mol. The van der Waals surface area contributed by atoms with Crippen molar-refractivity contribution in [1.29, 1.82) is 0 Å². The van der Waals surface area contributed by atoms with E-state index in [-0.39, 0.29) is 22.8 Å². The molecule has 2 rings (SSSR count). The van der Waals surface area contributed by atoms with Crippen LogP contribution in [0, 0.1) is 0 Å². The fraction of sp³-hybridized carbons (Fsp3) is 0.649. The first-order valence-corrected chi connectivity index (χ1v) is 17.1. The zero-order valence-corrected chi connectivity index (χ0v) is 26.6. The maximum atomic E-state index is 12.8. The lowest BCUT2D eigenvalue weighted by Crippen LogP contribution is -2.09. The molecule has 3 N–H and O–H groups in total. The summed E-state index contributed by atoms with van der Waals surface area (Å²) < 4.78 is 5.45. The van der Waals surface area contributed by atoms with Gasteiger partial charge in [0.05, 0.1) is 0 Å². The maximum absolute atomic E-state index is 12.8. The van der Waals surface area contributed by atoms with Gasteiger partial charge in [0, 0.05) is 0 Å². The highest BCUT2D eigenvalue weighted by Crippen LogP contribution is 2.36. The predicted octanol–water partition coefficient (Wildman–Crippen LogP) is 10.9. The topological polar surface area (TPSA) is 87.0 Å². The molecule has 2 aromatic carbocycles. The number of phenols is 3. The number of phenolic OH excluding ortho intramolecular Hbond substituents is 3. The van der Waals surface area contributed by atoms with Gasteiger partial charge in [0.2, 0.25) is 0 Å². The number of carbonyl (C=O) groups is 1. The average molecular weight is 583 g/mol. The average Bonchev–Trinajstić information content (AvgIpc) is 2.98. The van der Waals surface area contributed by atoms with Crippen molar-refractivity contribution in [2.24, 2.45) is 0 Å². The third-order valence-electron chi connectivity index (χ3n) is 8.34. The molecule has 0 aliphatic carbocycles. The molecule has 0 unspecified atom stereocenters. The molecule has 42 heavy (non-hydrogen) atoms. The summed E-state index contributed by atoms with van der Waals surface area (Å²) in [5, 5.41) is 31.8. The number of hydrogen-bond acceptors (Lipinski definition) is 5. The quantitative estimate of drug-likeness (QED) is 0.0496. The summed E-state index contributed by atoms with van der Waals surface area (Å²) in [4.78, 5) is 12.8. The van der Waals surface area contributed by atoms with Crippen LogP contribution in [0.25, 0.3) is 0 Å². The van der Waals surface area contributed by atoms with Crippen molar-refractivity contribution in [3.8, 4) is 23.0 Å². The van der Waals surface area contributed by atoms with Crippen molar-refractivity contribution < 1.29 is 24.9 Å². The third kappa shape index (κ3) is 13.5. The van der Waals surface area contributed by atoms with E-state index in [0.29, 0.717) is 18.4 Å². The second-order valence-corrected chi connectivity index (χ2v) is 12.0. The lowest BCUT2D eigenvalue weighted by atomic mass is 10.0. The van der Waals surface area contributed by atoms with Gasteiger partial charge in [-0.2, -0.15) is 0 Å². The minimum Gasteiger partial charge on any atom is -0.504 e. The van der Waals surface area contributed by atoms with Gasteiger partial charge in [-0.25, -0.2) is 4.79 Å². The van der Waals surface area contributed by atoms with Crippen molar-refractivity contribution >= 4 is 5.97 Å². The summed E-state index contributed by atoms with van der Waals surface area (Å²) in [6, 6.07) is 8.34. The summed E-state index contributed by atoms with van der Waals surface area (Å²) in [6.45, 7) is 4.48. The van der Waals surface area contributed by atoms with Gasteiger partial charge in [0.1, 0.15) is 5.56 Å². The monoisotopic (exact) mass is 582 g/mol. The number of esters is 1. The number of aromatic hydroxyl groups is 3. The Bertz CT molecular complexity index is 1020. The first-order chi connectivity index (χ1) is 20.5. The van der Waals surface area contributed by atoms with E-state index < -0.39 is 11.7 Å². The zero-order chi connectivity index (χ0) is 30.4. The fourth-order valence-corrected chi connectivity index (χ4v) is 5.60. The summed E-state index contributed by atoms with van der Waals surface area (Å²) in [6.07, 6.45) is 26.1. The Hall–Kier alpha value is -2.69. The molecule has 0 aliphatic rings. The molecule has 5 nitrogen and oxygen atoms in total. The van der Waals surface area contributed by atoms with E-state index in [1.165, 1.54) is 109 Å². The van der Waals surface area contributed by atoms with Crippen LogP contribution in [0.2, 0.25) is 0 Å². The molecule has 2 aromatic rings. The van der Waals surface area contributed by atoms with Crippen molar-refractivity contribution in [2.75, 3.05) is 0 Å². The highest BCUT2D eigenvalue weighted by molar-refractivity contribution is 5.95. The second kappa shape index (κ2) is 21.9. The number of ether oxygens (including phenoxy) is 1. The van der Waals surface area contributed by atoms with Gasteiger partial charge in [0.25, 0.3) is 0 Å². The summed E-state index contributed by atoms with van der Waals surface area (Å²) >= 11 is 0.